The Kier molecular flexibility index (Phi) is 3.85. The van der Waals surface area contributed by atoms with E-state index in [4.69, 9.17) is 5.73 Å². The van der Waals surface area contributed by atoms with Crippen molar-refractivity contribution in [3.05, 3.63) is 71.5 Å². The molecule has 0 saturated carbocycles. The molecule has 18 heavy (non-hydrogen) atoms. The number of ketones is 1. The molecule has 0 spiro atoms. The van der Waals surface area contributed by atoms with E-state index in [-0.39, 0.29) is 11.6 Å². The van der Waals surface area contributed by atoms with Crippen molar-refractivity contribution in [2.75, 3.05) is 0 Å². The van der Waals surface area contributed by atoms with Gasteiger partial charge in [-0.25, -0.2) is 4.39 Å². The van der Waals surface area contributed by atoms with Crippen LogP contribution >= 0.6 is 0 Å². The van der Waals surface area contributed by atoms with Crippen LogP contribution in [0.1, 0.15) is 15.9 Å². The fourth-order valence-electron chi connectivity index (χ4n) is 1.79. The molecule has 1 atom stereocenters. The SMILES string of the molecule is NC(Cc1ccccc1)C(=O)c1ccc(F)cc1. The Hall–Kier alpha value is -2.00. The van der Waals surface area contributed by atoms with Gasteiger partial charge in [-0.1, -0.05) is 30.3 Å². The normalized spacial score (nSPS) is 12.1. The van der Waals surface area contributed by atoms with Gasteiger partial charge in [-0.2, -0.15) is 0 Å². The Labute approximate surface area is 105 Å². The lowest BCUT2D eigenvalue weighted by Gasteiger charge is -2.10. The molecule has 0 heterocycles. The first-order valence-corrected chi connectivity index (χ1v) is 5.76. The fraction of sp³-hybridized carbons (Fsp3) is 0.133. The van der Waals surface area contributed by atoms with Crippen molar-refractivity contribution in [1.29, 1.82) is 0 Å². The molecular formula is C15H14FNO. The van der Waals surface area contributed by atoms with E-state index in [2.05, 4.69) is 0 Å². The molecule has 0 saturated heterocycles. The lowest BCUT2D eigenvalue weighted by molar-refractivity contribution is 0.0961. The maximum absolute atomic E-state index is 12.8. The fourth-order valence-corrected chi connectivity index (χ4v) is 1.79. The number of carbonyl (C=O) groups is 1. The predicted octanol–water partition coefficient (Wildman–Crippen LogP) is 2.58. The zero-order valence-electron chi connectivity index (χ0n) is 9.84. The van der Waals surface area contributed by atoms with E-state index in [0.717, 1.165) is 5.56 Å². The molecule has 92 valence electrons. The van der Waals surface area contributed by atoms with Gasteiger partial charge in [0, 0.05) is 5.56 Å². The Morgan fingerprint density at radius 3 is 2.28 bits per heavy atom. The minimum Gasteiger partial charge on any atom is -0.321 e. The van der Waals surface area contributed by atoms with Gasteiger partial charge in [-0.05, 0) is 36.2 Å². The van der Waals surface area contributed by atoms with Crippen LogP contribution in [0.5, 0.6) is 0 Å². The van der Waals surface area contributed by atoms with Gasteiger partial charge in [0.25, 0.3) is 0 Å². The van der Waals surface area contributed by atoms with E-state index in [1.165, 1.54) is 24.3 Å². The van der Waals surface area contributed by atoms with Gasteiger partial charge in [0.05, 0.1) is 6.04 Å². The Balaban J connectivity index is 2.07. The molecule has 2 aromatic carbocycles. The van der Waals surface area contributed by atoms with Crippen molar-refractivity contribution < 1.29 is 9.18 Å². The van der Waals surface area contributed by atoms with Gasteiger partial charge in [0.2, 0.25) is 0 Å². The standard InChI is InChI=1S/C15H14FNO/c16-13-8-6-12(7-9-13)15(18)14(17)10-11-4-2-1-3-5-11/h1-9,14H,10,17H2. The third-order valence-electron chi connectivity index (χ3n) is 2.76. The van der Waals surface area contributed by atoms with Crippen molar-refractivity contribution in [3.8, 4) is 0 Å². The number of Topliss-reactive ketones (excluding diaryl/α,β-unsaturated/α-hetero) is 1. The average molecular weight is 243 g/mol. The summed E-state index contributed by atoms with van der Waals surface area (Å²) in [6.07, 6.45) is 0.483. The van der Waals surface area contributed by atoms with Gasteiger partial charge < -0.3 is 5.73 Å². The first-order chi connectivity index (χ1) is 8.66. The molecule has 3 heteroatoms. The molecule has 2 aromatic rings. The lowest BCUT2D eigenvalue weighted by Crippen LogP contribution is -2.32. The molecule has 0 aliphatic carbocycles. The molecule has 0 amide bonds. The highest BCUT2D eigenvalue weighted by Crippen LogP contribution is 2.09. The average Bonchev–Trinajstić information content (AvgIpc) is 2.40. The van der Waals surface area contributed by atoms with Gasteiger partial charge in [-0.15, -0.1) is 0 Å². The maximum Gasteiger partial charge on any atom is 0.179 e. The van der Waals surface area contributed by atoms with Crippen LogP contribution in [0.25, 0.3) is 0 Å². The summed E-state index contributed by atoms with van der Waals surface area (Å²) in [4.78, 5) is 12.0. The van der Waals surface area contributed by atoms with Crippen molar-refractivity contribution in [2.45, 2.75) is 12.5 Å². The topological polar surface area (TPSA) is 43.1 Å². The Morgan fingerprint density at radius 1 is 1.06 bits per heavy atom. The van der Waals surface area contributed by atoms with E-state index in [1.807, 2.05) is 30.3 Å². The highest BCUT2D eigenvalue weighted by atomic mass is 19.1. The highest BCUT2D eigenvalue weighted by Gasteiger charge is 2.15. The summed E-state index contributed by atoms with van der Waals surface area (Å²) in [6, 6.07) is 14.4. The van der Waals surface area contributed by atoms with E-state index in [0.29, 0.717) is 12.0 Å². The largest absolute Gasteiger partial charge is 0.321 e. The van der Waals surface area contributed by atoms with Crippen LogP contribution < -0.4 is 5.73 Å². The molecule has 2 nitrogen and oxygen atoms in total. The summed E-state index contributed by atoms with van der Waals surface area (Å²) in [6.45, 7) is 0. The zero-order valence-corrected chi connectivity index (χ0v) is 9.84. The van der Waals surface area contributed by atoms with Crippen LogP contribution in [0.3, 0.4) is 0 Å². The maximum atomic E-state index is 12.8. The predicted molar refractivity (Wildman–Crippen MR) is 68.9 cm³/mol. The van der Waals surface area contributed by atoms with Gasteiger partial charge >= 0.3 is 0 Å². The van der Waals surface area contributed by atoms with Crippen LogP contribution in [0.4, 0.5) is 4.39 Å². The third kappa shape index (κ3) is 3.02. The van der Waals surface area contributed by atoms with E-state index < -0.39 is 6.04 Å². The molecule has 1 unspecified atom stereocenters. The second kappa shape index (κ2) is 5.56. The number of carbonyl (C=O) groups excluding carboxylic acids is 1. The summed E-state index contributed by atoms with van der Waals surface area (Å²) >= 11 is 0. The van der Waals surface area contributed by atoms with Crippen LogP contribution in [-0.4, -0.2) is 11.8 Å². The molecule has 0 aromatic heterocycles. The minimum atomic E-state index is -0.599. The summed E-state index contributed by atoms with van der Waals surface area (Å²) in [5.74, 6) is -0.526. The molecule has 2 rings (SSSR count). The van der Waals surface area contributed by atoms with Crippen LogP contribution in [0.2, 0.25) is 0 Å². The third-order valence-corrected chi connectivity index (χ3v) is 2.76. The highest BCUT2D eigenvalue weighted by molar-refractivity contribution is 6.00. The summed E-state index contributed by atoms with van der Waals surface area (Å²) < 4.78 is 12.8. The molecule has 0 aliphatic rings. The van der Waals surface area contributed by atoms with Gasteiger partial charge in [-0.3, -0.25) is 4.79 Å². The smallest absolute Gasteiger partial charge is 0.179 e. The van der Waals surface area contributed by atoms with E-state index >= 15 is 0 Å². The number of halogens is 1. The van der Waals surface area contributed by atoms with Crippen molar-refractivity contribution in [3.63, 3.8) is 0 Å². The number of hydrogen-bond acceptors (Lipinski definition) is 2. The Bertz CT molecular complexity index is 522. The number of rotatable bonds is 4. The monoisotopic (exact) mass is 243 g/mol. The van der Waals surface area contributed by atoms with E-state index in [9.17, 15) is 9.18 Å². The molecule has 0 bridgehead atoms. The molecule has 0 fully saturated rings. The number of hydrogen-bond donors (Lipinski definition) is 1. The summed E-state index contributed by atoms with van der Waals surface area (Å²) in [7, 11) is 0. The molecule has 2 N–H and O–H groups in total. The second-order valence-corrected chi connectivity index (χ2v) is 4.17. The van der Waals surface area contributed by atoms with Crippen LogP contribution in [0.15, 0.2) is 54.6 Å². The summed E-state index contributed by atoms with van der Waals surface area (Å²) in [5.41, 5.74) is 7.33. The summed E-state index contributed by atoms with van der Waals surface area (Å²) in [5, 5.41) is 0. The van der Waals surface area contributed by atoms with E-state index in [1.54, 1.807) is 0 Å². The zero-order chi connectivity index (χ0) is 13.0. The van der Waals surface area contributed by atoms with Crippen molar-refractivity contribution in [1.82, 2.24) is 0 Å². The molecular weight excluding hydrogens is 229 g/mol. The van der Waals surface area contributed by atoms with Crippen molar-refractivity contribution >= 4 is 5.78 Å². The minimum absolute atomic E-state index is 0.168. The Morgan fingerprint density at radius 2 is 1.67 bits per heavy atom. The number of benzene rings is 2. The lowest BCUT2D eigenvalue weighted by atomic mass is 9.98. The first kappa shape index (κ1) is 12.5. The van der Waals surface area contributed by atoms with Crippen molar-refractivity contribution in [2.24, 2.45) is 5.73 Å². The van der Waals surface area contributed by atoms with Crippen LogP contribution in [-0.2, 0) is 6.42 Å². The molecule has 0 aliphatic heterocycles. The second-order valence-electron chi connectivity index (χ2n) is 4.17. The quantitative estimate of drug-likeness (QED) is 0.839. The number of nitrogens with two attached hydrogens (primary N) is 1. The van der Waals surface area contributed by atoms with Crippen LogP contribution in [0, 0.1) is 5.82 Å². The van der Waals surface area contributed by atoms with Gasteiger partial charge in [0.15, 0.2) is 5.78 Å². The van der Waals surface area contributed by atoms with Gasteiger partial charge in [0.1, 0.15) is 5.82 Å². The molecule has 0 radical (unpaired) electrons. The first-order valence-electron chi connectivity index (χ1n) is 5.76.